The maximum atomic E-state index is 12.3. The van der Waals surface area contributed by atoms with Crippen molar-refractivity contribution in [2.45, 2.75) is 51.6 Å². The van der Waals surface area contributed by atoms with Gasteiger partial charge in [0.15, 0.2) is 0 Å². The summed E-state index contributed by atoms with van der Waals surface area (Å²) >= 11 is 0. The summed E-state index contributed by atoms with van der Waals surface area (Å²) in [6.07, 6.45) is 4.23. The number of aromatic amines is 1. The molecule has 4 rings (SSSR count). The fourth-order valence-electron chi connectivity index (χ4n) is 4.14. The summed E-state index contributed by atoms with van der Waals surface area (Å²) in [6, 6.07) is 17.1. The Balaban J connectivity index is 1.16. The number of likely N-dealkylation sites (tertiary alicyclic amines) is 1. The molecule has 0 atom stereocenters. The van der Waals surface area contributed by atoms with Crippen molar-refractivity contribution < 1.29 is 4.79 Å². The zero-order valence-corrected chi connectivity index (χ0v) is 17.2. The highest BCUT2D eigenvalue weighted by molar-refractivity contribution is 5.76. The number of benzene rings is 2. The molecule has 0 aliphatic carbocycles. The Kier molecular flexibility index (Phi) is 6.25. The molecule has 1 aliphatic rings. The molecular weight excluding hydrogens is 360 g/mol. The minimum absolute atomic E-state index is 0.165. The fraction of sp³-hybridized carbons (Fsp3) is 0.417. The van der Waals surface area contributed by atoms with Crippen molar-refractivity contribution in [2.75, 3.05) is 13.1 Å². The van der Waals surface area contributed by atoms with E-state index < -0.39 is 0 Å². The van der Waals surface area contributed by atoms with Gasteiger partial charge in [-0.15, -0.1) is 0 Å². The molecule has 2 aromatic carbocycles. The van der Waals surface area contributed by atoms with E-state index in [1.807, 2.05) is 24.3 Å². The standard InChI is InChI=1S/C24H30N4O/c1-18-6-4-7-19(16-18)17-28-14-12-20(13-15-28)25-24(29)11-5-10-23-26-21-8-2-3-9-22(21)27-23/h2-4,6-9,16,20H,5,10-15,17H2,1H3,(H,25,29)(H,26,27). The van der Waals surface area contributed by atoms with E-state index in [-0.39, 0.29) is 5.91 Å². The van der Waals surface area contributed by atoms with Crippen LogP contribution < -0.4 is 5.32 Å². The molecule has 0 saturated carbocycles. The van der Waals surface area contributed by atoms with Gasteiger partial charge in [0, 0.05) is 38.5 Å². The van der Waals surface area contributed by atoms with Crippen LogP contribution in [0.5, 0.6) is 0 Å². The number of H-pyrrole nitrogens is 1. The molecular formula is C24H30N4O. The van der Waals surface area contributed by atoms with Crippen molar-refractivity contribution in [1.29, 1.82) is 0 Å². The number of carbonyl (C=O) groups excluding carboxylic acids is 1. The van der Waals surface area contributed by atoms with Gasteiger partial charge in [-0.3, -0.25) is 9.69 Å². The molecule has 5 heteroatoms. The number of nitrogens with one attached hydrogen (secondary N) is 2. The van der Waals surface area contributed by atoms with Crippen LogP contribution >= 0.6 is 0 Å². The summed E-state index contributed by atoms with van der Waals surface area (Å²) in [5.74, 6) is 1.13. The van der Waals surface area contributed by atoms with Gasteiger partial charge in [-0.05, 0) is 43.9 Å². The van der Waals surface area contributed by atoms with Crippen molar-refractivity contribution in [1.82, 2.24) is 20.2 Å². The number of para-hydroxylation sites is 2. The van der Waals surface area contributed by atoms with Crippen molar-refractivity contribution >= 4 is 16.9 Å². The number of aryl methyl sites for hydroxylation is 2. The topological polar surface area (TPSA) is 61.0 Å². The Morgan fingerprint density at radius 1 is 1.17 bits per heavy atom. The highest BCUT2D eigenvalue weighted by Gasteiger charge is 2.20. The molecule has 0 spiro atoms. The number of aromatic nitrogens is 2. The predicted octanol–water partition coefficient (Wildman–Crippen LogP) is 3.97. The molecule has 1 amide bonds. The molecule has 1 saturated heterocycles. The molecule has 1 aliphatic heterocycles. The lowest BCUT2D eigenvalue weighted by atomic mass is 10.0. The van der Waals surface area contributed by atoms with E-state index in [1.165, 1.54) is 11.1 Å². The highest BCUT2D eigenvalue weighted by Crippen LogP contribution is 2.15. The first-order valence-corrected chi connectivity index (χ1v) is 10.7. The Morgan fingerprint density at radius 3 is 2.79 bits per heavy atom. The lowest BCUT2D eigenvalue weighted by Crippen LogP contribution is -2.44. The van der Waals surface area contributed by atoms with Crippen molar-refractivity contribution in [3.8, 4) is 0 Å². The molecule has 29 heavy (non-hydrogen) atoms. The van der Waals surface area contributed by atoms with E-state index >= 15 is 0 Å². The number of fused-ring (bicyclic) bond motifs is 1. The van der Waals surface area contributed by atoms with Gasteiger partial charge in [-0.1, -0.05) is 42.0 Å². The second-order valence-electron chi connectivity index (χ2n) is 8.16. The van der Waals surface area contributed by atoms with Crippen LogP contribution in [-0.2, 0) is 17.8 Å². The van der Waals surface area contributed by atoms with Crippen LogP contribution in [0.1, 0.15) is 42.6 Å². The molecule has 0 bridgehead atoms. The third kappa shape index (κ3) is 5.45. The van der Waals surface area contributed by atoms with E-state index in [2.05, 4.69) is 51.4 Å². The summed E-state index contributed by atoms with van der Waals surface area (Å²) in [7, 11) is 0. The number of nitrogens with zero attached hydrogens (tertiary/aromatic N) is 2. The number of hydrogen-bond donors (Lipinski definition) is 2. The van der Waals surface area contributed by atoms with Crippen molar-refractivity contribution in [3.05, 3.63) is 65.5 Å². The zero-order chi connectivity index (χ0) is 20.1. The smallest absolute Gasteiger partial charge is 0.220 e. The van der Waals surface area contributed by atoms with Crippen molar-refractivity contribution in [2.24, 2.45) is 0 Å². The second-order valence-corrected chi connectivity index (χ2v) is 8.16. The van der Waals surface area contributed by atoms with Crippen LogP contribution in [0.4, 0.5) is 0 Å². The molecule has 5 nitrogen and oxygen atoms in total. The third-order valence-corrected chi connectivity index (χ3v) is 5.70. The van der Waals surface area contributed by atoms with E-state index in [0.717, 1.165) is 62.2 Å². The van der Waals surface area contributed by atoms with Crippen LogP contribution in [0.25, 0.3) is 11.0 Å². The number of piperidine rings is 1. The van der Waals surface area contributed by atoms with Crippen LogP contribution in [0.2, 0.25) is 0 Å². The van der Waals surface area contributed by atoms with E-state index in [1.54, 1.807) is 0 Å². The highest BCUT2D eigenvalue weighted by atomic mass is 16.1. The van der Waals surface area contributed by atoms with E-state index in [9.17, 15) is 4.79 Å². The minimum Gasteiger partial charge on any atom is -0.353 e. The van der Waals surface area contributed by atoms with Crippen LogP contribution in [0.15, 0.2) is 48.5 Å². The number of imidazole rings is 1. The zero-order valence-electron chi connectivity index (χ0n) is 17.2. The quantitative estimate of drug-likeness (QED) is 0.642. The number of rotatable bonds is 7. The lowest BCUT2D eigenvalue weighted by molar-refractivity contribution is -0.122. The maximum absolute atomic E-state index is 12.3. The fourth-order valence-corrected chi connectivity index (χ4v) is 4.14. The first kappa shape index (κ1) is 19.6. The third-order valence-electron chi connectivity index (χ3n) is 5.70. The number of hydrogen-bond acceptors (Lipinski definition) is 3. The Labute approximate surface area is 172 Å². The molecule has 0 unspecified atom stereocenters. The Morgan fingerprint density at radius 2 is 2.00 bits per heavy atom. The van der Waals surface area contributed by atoms with Gasteiger partial charge in [-0.25, -0.2) is 4.98 Å². The summed E-state index contributed by atoms with van der Waals surface area (Å²) in [5.41, 5.74) is 4.74. The van der Waals surface area contributed by atoms with Gasteiger partial charge < -0.3 is 10.3 Å². The summed E-state index contributed by atoms with van der Waals surface area (Å²) in [4.78, 5) is 22.7. The molecule has 2 N–H and O–H groups in total. The Bertz CT molecular complexity index is 923. The Hall–Kier alpha value is -2.66. The average Bonchev–Trinajstić information content (AvgIpc) is 3.12. The summed E-state index contributed by atoms with van der Waals surface area (Å²) < 4.78 is 0. The minimum atomic E-state index is 0.165. The second kappa shape index (κ2) is 9.23. The molecule has 152 valence electrons. The largest absolute Gasteiger partial charge is 0.353 e. The monoisotopic (exact) mass is 390 g/mol. The molecule has 0 radical (unpaired) electrons. The maximum Gasteiger partial charge on any atom is 0.220 e. The van der Waals surface area contributed by atoms with E-state index in [0.29, 0.717) is 12.5 Å². The summed E-state index contributed by atoms with van der Waals surface area (Å²) in [5, 5.41) is 3.23. The number of amides is 1. The lowest BCUT2D eigenvalue weighted by Gasteiger charge is -2.32. The van der Waals surface area contributed by atoms with Gasteiger partial charge in [0.05, 0.1) is 11.0 Å². The predicted molar refractivity (Wildman–Crippen MR) is 117 cm³/mol. The van der Waals surface area contributed by atoms with Crippen molar-refractivity contribution in [3.63, 3.8) is 0 Å². The molecule has 1 aromatic heterocycles. The number of carbonyl (C=O) groups is 1. The SMILES string of the molecule is Cc1cccc(CN2CCC(NC(=O)CCCc3nc4ccccc4[nH]3)CC2)c1. The normalized spacial score (nSPS) is 15.6. The molecule has 3 aromatic rings. The van der Waals surface area contributed by atoms with Crippen LogP contribution in [-0.4, -0.2) is 39.9 Å². The summed E-state index contributed by atoms with van der Waals surface area (Å²) in [6.45, 7) is 5.22. The van der Waals surface area contributed by atoms with Crippen LogP contribution in [0, 0.1) is 6.92 Å². The van der Waals surface area contributed by atoms with Gasteiger partial charge in [0.1, 0.15) is 5.82 Å². The first-order chi connectivity index (χ1) is 14.2. The average molecular weight is 391 g/mol. The van der Waals surface area contributed by atoms with Gasteiger partial charge in [0.25, 0.3) is 0 Å². The molecule has 2 heterocycles. The van der Waals surface area contributed by atoms with Gasteiger partial charge in [-0.2, -0.15) is 0 Å². The van der Waals surface area contributed by atoms with Gasteiger partial charge in [0.2, 0.25) is 5.91 Å². The first-order valence-electron chi connectivity index (χ1n) is 10.7. The van der Waals surface area contributed by atoms with Crippen LogP contribution in [0.3, 0.4) is 0 Å². The van der Waals surface area contributed by atoms with E-state index in [4.69, 9.17) is 0 Å². The molecule has 1 fully saturated rings. The van der Waals surface area contributed by atoms with Gasteiger partial charge >= 0.3 is 0 Å².